The summed E-state index contributed by atoms with van der Waals surface area (Å²) in [5, 5.41) is 3.04. The highest BCUT2D eigenvalue weighted by Crippen LogP contribution is 2.16. The van der Waals surface area contributed by atoms with Crippen LogP contribution in [0.3, 0.4) is 0 Å². The van der Waals surface area contributed by atoms with Crippen molar-refractivity contribution in [3.63, 3.8) is 0 Å². The van der Waals surface area contributed by atoms with E-state index >= 15 is 0 Å². The van der Waals surface area contributed by atoms with Crippen LogP contribution in [0.4, 0.5) is 0 Å². The van der Waals surface area contributed by atoms with Crippen molar-refractivity contribution in [1.29, 1.82) is 0 Å². The highest BCUT2D eigenvalue weighted by Gasteiger charge is 2.21. The van der Waals surface area contributed by atoms with E-state index in [9.17, 15) is 4.79 Å². The largest absolute Gasteiger partial charge is 0.356 e. The van der Waals surface area contributed by atoms with Gasteiger partial charge in [0.2, 0.25) is 5.91 Å². The van der Waals surface area contributed by atoms with Crippen molar-refractivity contribution < 1.29 is 4.79 Å². The minimum Gasteiger partial charge on any atom is -0.356 e. The second kappa shape index (κ2) is 11.6. The fourth-order valence-electron chi connectivity index (χ4n) is 2.38. The summed E-state index contributed by atoms with van der Waals surface area (Å²) in [5.74, 6) is 0.647. The Morgan fingerprint density at radius 1 is 1.30 bits per heavy atom. The SMILES string of the molecule is CCCN1CCC(CNC(=O)C(C)C(C)N)CC1.Cl.Cl. The van der Waals surface area contributed by atoms with Crippen LogP contribution in [0.25, 0.3) is 0 Å². The van der Waals surface area contributed by atoms with Crippen molar-refractivity contribution in [1.82, 2.24) is 10.2 Å². The maximum atomic E-state index is 11.8. The molecular formula is C14H31Cl2N3O. The van der Waals surface area contributed by atoms with Gasteiger partial charge in [-0.1, -0.05) is 13.8 Å². The molecule has 0 spiro atoms. The number of carbonyl (C=O) groups excluding carboxylic acids is 1. The van der Waals surface area contributed by atoms with E-state index in [4.69, 9.17) is 5.73 Å². The standard InChI is InChI=1S/C14H29N3O.2ClH/c1-4-7-17-8-5-13(6-9-17)10-16-14(18)11(2)12(3)15;;/h11-13H,4-10,15H2,1-3H3,(H,16,18);2*1H. The number of halogens is 2. The van der Waals surface area contributed by atoms with E-state index < -0.39 is 0 Å². The second-order valence-corrected chi connectivity index (χ2v) is 5.68. The van der Waals surface area contributed by atoms with E-state index in [2.05, 4.69) is 17.1 Å². The van der Waals surface area contributed by atoms with Gasteiger partial charge in [0.1, 0.15) is 0 Å². The number of hydrogen-bond acceptors (Lipinski definition) is 3. The third-order valence-electron chi connectivity index (χ3n) is 4.01. The molecule has 1 rings (SSSR count). The molecule has 122 valence electrons. The fourth-order valence-corrected chi connectivity index (χ4v) is 2.38. The molecule has 1 saturated heterocycles. The maximum absolute atomic E-state index is 11.8. The van der Waals surface area contributed by atoms with Gasteiger partial charge < -0.3 is 16.0 Å². The first-order valence-corrected chi connectivity index (χ1v) is 7.30. The molecule has 0 saturated carbocycles. The van der Waals surface area contributed by atoms with Gasteiger partial charge in [0.15, 0.2) is 0 Å². The summed E-state index contributed by atoms with van der Waals surface area (Å²) >= 11 is 0. The number of carbonyl (C=O) groups is 1. The zero-order valence-corrected chi connectivity index (χ0v) is 14.6. The first kappa shape index (κ1) is 22.3. The molecule has 3 N–H and O–H groups in total. The summed E-state index contributed by atoms with van der Waals surface area (Å²) in [6, 6.07) is -0.0728. The number of nitrogens with one attached hydrogen (secondary N) is 1. The van der Waals surface area contributed by atoms with E-state index in [1.165, 1.54) is 38.9 Å². The summed E-state index contributed by atoms with van der Waals surface area (Å²) in [5.41, 5.74) is 5.73. The average molecular weight is 328 g/mol. The number of likely N-dealkylation sites (tertiary alicyclic amines) is 1. The maximum Gasteiger partial charge on any atom is 0.224 e. The summed E-state index contributed by atoms with van der Waals surface area (Å²) in [6.45, 7) is 10.4. The van der Waals surface area contributed by atoms with E-state index in [0.717, 1.165) is 6.54 Å². The van der Waals surface area contributed by atoms with Crippen LogP contribution >= 0.6 is 24.8 Å². The summed E-state index contributed by atoms with van der Waals surface area (Å²) in [6.07, 6.45) is 3.63. The molecule has 0 aromatic heterocycles. The first-order valence-electron chi connectivity index (χ1n) is 7.30. The number of nitrogens with zero attached hydrogens (tertiary/aromatic N) is 1. The van der Waals surface area contributed by atoms with Gasteiger partial charge in [-0.25, -0.2) is 0 Å². The Morgan fingerprint density at radius 2 is 1.85 bits per heavy atom. The minimum atomic E-state index is -0.0924. The third-order valence-corrected chi connectivity index (χ3v) is 4.01. The highest BCUT2D eigenvalue weighted by atomic mass is 35.5. The van der Waals surface area contributed by atoms with Gasteiger partial charge in [-0.05, 0) is 51.7 Å². The molecule has 2 unspecified atom stereocenters. The average Bonchev–Trinajstić information content (AvgIpc) is 2.37. The van der Waals surface area contributed by atoms with Crippen molar-refractivity contribution in [2.45, 2.75) is 46.1 Å². The molecule has 20 heavy (non-hydrogen) atoms. The molecule has 6 heteroatoms. The predicted molar refractivity (Wildman–Crippen MR) is 89.8 cm³/mol. The smallest absolute Gasteiger partial charge is 0.224 e. The molecule has 2 atom stereocenters. The number of nitrogens with two attached hydrogens (primary N) is 1. The lowest BCUT2D eigenvalue weighted by atomic mass is 9.96. The molecule has 1 aliphatic heterocycles. The van der Waals surface area contributed by atoms with E-state index in [1.807, 2.05) is 13.8 Å². The Bertz CT molecular complexity index is 257. The lowest BCUT2D eigenvalue weighted by molar-refractivity contribution is -0.125. The first-order chi connectivity index (χ1) is 8.54. The molecule has 1 heterocycles. The van der Waals surface area contributed by atoms with Gasteiger partial charge in [-0.3, -0.25) is 4.79 Å². The number of piperidine rings is 1. The van der Waals surface area contributed by atoms with E-state index in [1.54, 1.807) is 0 Å². The van der Waals surface area contributed by atoms with Gasteiger partial charge in [0, 0.05) is 18.5 Å². The van der Waals surface area contributed by atoms with Gasteiger partial charge in [0.25, 0.3) is 0 Å². The molecule has 0 bridgehead atoms. The second-order valence-electron chi connectivity index (χ2n) is 5.68. The Balaban J connectivity index is 0. The fraction of sp³-hybridized carbons (Fsp3) is 0.929. The number of amides is 1. The zero-order chi connectivity index (χ0) is 13.5. The number of rotatable bonds is 6. The highest BCUT2D eigenvalue weighted by molar-refractivity contribution is 5.85. The summed E-state index contributed by atoms with van der Waals surface area (Å²) in [7, 11) is 0. The number of hydrogen-bond donors (Lipinski definition) is 2. The van der Waals surface area contributed by atoms with E-state index in [-0.39, 0.29) is 42.7 Å². The van der Waals surface area contributed by atoms with Crippen LogP contribution in [0.2, 0.25) is 0 Å². The van der Waals surface area contributed by atoms with Gasteiger partial charge in [0.05, 0.1) is 0 Å². The van der Waals surface area contributed by atoms with Crippen LogP contribution < -0.4 is 11.1 Å². The van der Waals surface area contributed by atoms with Gasteiger partial charge >= 0.3 is 0 Å². The van der Waals surface area contributed by atoms with Gasteiger partial charge in [-0.2, -0.15) is 0 Å². The van der Waals surface area contributed by atoms with Crippen LogP contribution in [0.5, 0.6) is 0 Å². The quantitative estimate of drug-likeness (QED) is 0.785. The summed E-state index contributed by atoms with van der Waals surface area (Å²) in [4.78, 5) is 14.3. The molecule has 1 amide bonds. The lowest BCUT2D eigenvalue weighted by Crippen LogP contribution is -2.43. The Kier molecular flexibility index (Phi) is 12.9. The molecule has 0 aromatic carbocycles. The Labute approximate surface area is 136 Å². The third kappa shape index (κ3) is 7.67. The lowest BCUT2D eigenvalue weighted by Gasteiger charge is -2.32. The topological polar surface area (TPSA) is 58.4 Å². The van der Waals surface area contributed by atoms with Gasteiger partial charge in [-0.15, -0.1) is 24.8 Å². The van der Waals surface area contributed by atoms with Crippen molar-refractivity contribution in [3.8, 4) is 0 Å². The monoisotopic (exact) mass is 327 g/mol. The Hall–Kier alpha value is -0.0300. The van der Waals surface area contributed by atoms with Crippen molar-refractivity contribution >= 4 is 30.7 Å². The molecule has 0 aromatic rings. The van der Waals surface area contributed by atoms with Crippen molar-refractivity contribution in [2.75, 3.05) is 26.2 Å². The molecular weight excluding hydrogens is 297 g/mol. The molecule has 1 fully saturated rings. The van der Waals surface area contributed by atoms with Crippen molar-refractivity contribution in [2.24, 2.45) is 17.6 Å². The van der Waals surface area contributed by atoms with Crippen LogP contribution in [-0.4, -0.2) is 43.0 Å². The zero-order valence-electron chi connectivity index (χ0n) is 12.9. The molecule has 4 nitrogen and oxygen atoms in total. The summed E-state index contributed by atoms with van der Waals surface area (Å²) < 4.78 is 0. The van der Waals surface area contributed by atoms with E-state index in [0.29, 0.717) is 5.92 Å². The minimum absolute atomic E-state index is 0. The van der Waals surface area contributed by atoms with Crippen LogP contribution in [0, 0.1) is 11.8 Å². The normalized spacial score (nSPS) is 19.4. The Morgan fingerprint density at radius 3 is 2.30 bits per heavy atom. The van der Waals surface area contributed by atoms with Crippen LogP contribution in [0.1, 0.15) is 40.0 Å². The van der Waals surface area contributed by atoms with Crippen LogP contribution in [0.15, 0.2) is 0 Å². The van der Waals surface area contributed by atoms with Crippen LogP contribution in [-0.2, 0) is 4.79 Å². The predicted octanol–water partition coefficient (Wildman–Crippen LogP) is 2.05. The molecule has 0 radical (unpaired) electrons. The molecule has 0 aliphatic carbocycles. The molecule has 1 aliphatic rings. The van der Waals surface area contributed by atoms with Crippen molar-refractivity contribution in [3.05, 3.63) is 0 Å².